The largest absolute Gasteiger partial charge is 0.481 e. The Hall–Kier alpha value is -1.47. The molecule has 2 heterocycles. The maximum atomic E-state index is 12.6. The number of aliphatic carboxylic acids is 1. The molecule has 1 aromatic heterocycles. The number of carboxylic acid groups (broad SMARTS) is 1. The van der Waals surface area contributed by atoms with E-state index in [0.717, 1.165) is 5.69 Å². The summed E-state index contributed by atoms with van der Waals surface area (Å²) in [4.78, 5) is 15.2. The van der Waals surface area contributed by atoms with E-state index >= 15 is 0 Å². The van der Waals surface area contributed by atoms with E-state index in [1.54, 1.807) is 19.9 Å². The number of carbonyl (C=O) groups is 1. The van der Waals surface area contributed by atoms with Crippen molar-refractivity contribution >= 4 is 16.0 Å². The second-order valence-corrected chi connectivity index (χ2v) is 7.06. The Morgan fingerprint density at radius 3 is 2.65 bits per heavy atom. The van der Waals surface area contributed by atoms with E-state index in [1.165, 1.54) is 16.6 Å². The van der Waals surface area contributed by atoms with Gasteiger partial charge in [0.1, 0.15) is 4.90 Å². The molecule has 0 aliphatic carbocycles. The number of piperidine rings is 1. The Morgan fingerprint density at radius 2 is 2.10 bits per heavy atom. The smallest absolute Gasteiger partial charge is 0.307 e. The number of hydrogen-bond donors (Lipinski definition) is 1. The van der Waals surface area contributed by atoms with Crippen LogP contribution in [0, 0.1) is 12.8 Å². The van der Waals surface area contributed by atoms with Crippen molar-refractivity contribution in [2.75, 3.05) is 6.54 Å². The first-order chi connectivity index (χ1) is 9.32. The van der Waals surface area contributed by atoms with E-state index in [1.807, 2.05) is 0 Å². The number of aryl methyl sites for hydroxylation is 1. The van der Waals surface area contributed by atoms with Crippen LogP contribution in [0.25, 0.3) is 0 Å². The molecule has 0 radical (unpaired) electrons. The topological polar surface area (TPSA) is 87.6 Å². The Labute approximate surface area is 118 Å². The Kier molecular flexibility index (Phi) is 4.10. The molecule has 2 unspecified atom stereocenters. The number of carboxylic acids is 1. The SMILES string of the molecule is Cc1ccc(S(=O)(=O)N2CC(C(=O)O)CCC2C)cn1. The molecule has 20 heavy (non-hydrogen) atoms. The van der Waals surface area contributed by atoms with Crippen molar-refractivity contribution in [3.8, 4) is 0 Å². The van der Waals surface area contributed by atoms with Crippen molar-refractivity contribution < 1.29 is 18.3 Å². The summed E-state index contributed by atoms with van der Waals surface area (Å²) >= 11 is 0. The molecule has 0 amide bonds. The van der Waals surface area contributed by atoms with Crippen molar-refractivity contribution in [2.24, 2.45) is 5.92 Å². The summed E-state index contributed by atoms with van der Waals surface area (Å²) < 4.78 is 26.4. The first-order valence-electron chi connectivity index (χ1n) is 6.49. The summed E-state index contributed by atoms with van der Waals surface area (Å²) in [5, 5.41) is 9.08. The highest BCUT2D eigenvalue weighted by Crippen LogP contribution is 2.28. The average Bonchev–Trinajstić information content (AvgIpc) is 2.39. The molecule has 7 heteroatoms. The normalized spacial score (nSPS) is 24.5. The van der Waals surface area contributed by atoms with Gasteiger partial charge < -0.3 is 5.11 Å². The van der Waals surface area contributed by atoms with Crippen LogP contribution in [0.5, 0.6) is 0 Å². The second kappa shape index (κ2) is 5.49. The fourth-order valence-corrected chi connectivity index (χ4v) is 4.01. The lowest BCUT2D eigenvalue weighted by Gasteiger charge is -2.35. The summed E-state index contributed by atoms with van der Waals surface area (Å²) in [6.07, 6.45) is 2.38. The molecule has 1 N–H and O–H groups in total. The van der Waals surface area contributed by atoms with Crippen molar-refractivity contribution in [1.82, 2.24) is 9.29 Å². The van der Waals surface area contributed by atoms with Crippen LogP contribution in [0.3, 0.4) is 0 Å². The minimum Gasteiger partial charge on any atom is -0.481 e. The van der Waals surface area contributed by atoms with Gasteiger partial charge in [-0.3, -0.25) is 9.78 Å². The molecule has 1 fully saturated rings. The van der Waals surface area contributed by atoms with E-state index in [-0.39, 0.29) is 17.5 Å². The standard InChI is InChI=1S/C13H18N2O4S/c1-9-3-6-12(7-14-9)20(18,19)15-8-11(13(16)17)5-4-10(15)2/h3,6-7,10-11H,4-5,8H2,1-2H3,(H,16,17). The molecule has 0 spiro atoms. The highest BCUT2D eigenvalue weighted by atomic mass is 32.2. The van der Waals surface area contributed by atoms with E-state index in [4.69, 9.17) is 5.11 Å². The van der Waals surface area contributed by atoms with Crippen molar-refractivity contribution in [2.45, 2.75) is 37.6 Å². The summed E-state index contributed by atoms with van der Waals surface area (Å²) in [5.74, 6) is -1.58. The molecule has 1 aliphatic rings. The molecule has 2 atom stereocenters. The predicted molar refractivity (Wildman–Crippen MR) is 72.7 cm³/mol. The summed E-state index contributed by atoms with van der Waals surface area (Å²) in [7, 11) is -3.69. The van der Waals surface area contributed by atoms with Gasteiger partial charge in [0.2, 0.25) is 10.0 Å². The molecular formula is C13H18N2O4S. The molecule has 2 rings (SSSR count). The van der Waals surface area contributed by atoms with Gasteiger partial charge in [0, 0.05) is 24.5 Å². The molecular weight excluding hydrogens is 280 g/mol. The fraction of sp³-hybridized carbons (Fsp3) is 0.538. The Balaban J connectivity index is 2.31. The molecule has 1 saturated heterocycles. The van der Waals surface area contributed by atoms with Crippen molar-refractivity contribution in [3.63, 3.8) is 0 Å². The highest BCUT2D eigenvalue weighted by Gasteiger charge is 2.37. The van der Waals surface area contributed by atoms with Gasteiger partial charge in [0.05, 0.1) is 5.92 Å². The van der Waals surface area contributed by atoms with Gasteiger partial charge in [-0.05, 0) is 38.8 Å². The molecule has 110 valence electrons. The summed E-state index contributed by atoms with van der Waals surface area (Å²) in [6, 6.07) is 2.95. The minimum absolute atomic E-state index is 0.0205. The van der Waals surface area contributed by atoms with E-state index < -0.39 is 21.9 Å². The quantitative estimate of drug-likeness (QED) is 0.907. The summed E-state index contributed by atoms with van der Waals surface area (Å²) in [6.45, 7) is 3.60. The Morgan fingerprint density at radius 1 is 1.40 bits per heavy atom. The van der Waals surface area contributed by atoms with Crippen LogP contribution in [0.15, 0.2) is 23.2 Å². The number of rotatable bonds is 3. The molecule has 1 aliphatic heterocycles. The fourth-order valence-electron chi connectivity index (χ4n) is 2.35. The zero-order chi connectivity index (χ0) is 14.9. The third kappa shape index (κ3) is 2.83. The number of aromatic nitrogens is 1. The number of hydrogen-bond acceptors (Lipinski definition) is 4. The number of nitrogens with zero attached hydrogens (tertiary/aromatic N) is 2. The third-order valence-corrected chi connectivity index (χ3v) is 5.63. The third-order valence-electron chi connectivity index (χ3n) is 3.66. The van der Waals surface area contributed by atoms with Crippen LogP contribution in [-0.4, -0.2) is 41.4 Å². The number of pyridine rings is 1. The van der Waals surface area contributed by atoms with Crippen LogP contribution < -0.4 is 0 Å². The molecule has 0 aromatic carbocycles. The molecule has 1 aromatic rings. The lowest BCUT2D eigenvalue weighted by atomic mass is 9.96. The Bertz CT molecular complexity index is 597. The zero-order valence-electron chi connectivity index (χ0n) is 11.5. The van der Waals surface area contributed by atoms with E-state index in [9.17, 15) is 13.2 Å². The monoisotopic (exact) mass is 298 g/mol. The highest BCUT2D eigenvalue weighted by molar-refractivity contribution is 7.89. The number of sulfonamides is 1. The van der Waals surface area contributed by atoms with Gasteiger partial charge >= 0.3 is 5.97 Å². The first kappa shape index (κ1) is 14.9. The zero-order valence-corrected chi connectivity index (χ0v) is 12.3. The van der Waals surface area contributed by atoms with Gasteiger partial charge in [0.15, 0.2) is 0 Å². The molecule has 0 bridgehead atoms. The first-order valence-corrected chi connectivity index (χ1v) is 7.93. The maximum absolute atomic E-state index is 12.6. The lowest BCUT2D eigenvalue weighted by molar-refractivity contribution is -0.143. The van der Waals surface area contributed by atoms with Gasteiger partial charge in [-0.15, -0.1) is 0 Å². The van der Waals surface area contributed by atoms with Gasteiger partial charge in [0.25, 0.3) is 0 Å². The van der Waals surface area contributed by atoms with Crippen LogP contribution in [-0.2, 0) is 14.8 Å². The van der Waals surface area contributed by atoms with Crippen molar-refractivity contribution in [1.29, 1.82) is 0 Å². The predicted octanol–water partition coefficient (Wildman–Crippen LogP) is 1.26. The average molecular weight is 298 g/mol. The lowest BCUT2D eigenvalue weighted by Crippen LogP contribution is -2.47. The van der Waals surface area contributed by atoms with Crippen LogP contribution in [0.2, 0.25) is 0 Å². The van der Waals surface area contributed by atoms with Crippen LogP contribution in [0.4, 0.5) is 0 Å². The molecule has 0 saturated carbocycles. The van der Waals surface area contributed by atoms with Gasteiger partial charge in [-0.1, -0.05) is 0 Å². The summed E-state index contributed by atoms with van der Waals surface area (Å²) in [5.41, 5.74) is 0.735. The maximum Gasteiger partial charge on any atom is 0.307 e. The van der Waals surface area contributed by atoms with E-state index in [2.05, 4.69) is 4.98 Å². The van der Waals surface area contributed by atoms with Crippen molar-refractivity contribution in [3.05, 3.63) is 24.0 Å². The van der Waals surface area contributed by atoms with Crippen LogP contribution in [0.1, 0.15) is 25.5 Å². The van der Waals surface area contributed by atoms with Gasteiger partial charge in [-0.2, -0.15) is 4.31 Å². The molecule has 6 nitrogen and oxygen atoms in total. The van der Waals surface area contributed by atoms with Gasteiger partial charge in [-0.25, -0.2) is 8.42 Å². The van der Waals surface area contributed by atoms with E-state index in [0.29, 0.717) is 12.8 Å². The van der Waals surface area contributed by atoms with Crippen LogP contribution >= 0.6 is 0 Å². The minimum atomic E-state index is -3.69. The second-order valence-electron chi connectivity index (χ2n) is 5.17.